The van der Waals surface area contributed by atoms with E-state index in [1.54, 1.807) is 12.3 Å². The van der Waals surface area contributed by atoms with Crippen LogP contribution in [0.2, 0.25) is 0 Å². The van der Waals surface area contributed by atoms with Crippen LogP contribution < -0.4 is 27.4 Å². The van der Waals surface area contributed by atoms with E-state index >= 15 is 0 Å². The summed E-state index contributed by atoms with van der Waals surface area (Å²) < 4.78 is 14.8. The number of nitrogens with one attached hydrogen (secondary N) is 3. The maximum absolute atomic E-state index is 14.8. The third-order valence-corrected chi connectivity index (χ3v) is 7.19. The largest absolute Gasteiger partial charge is 0.465 e. The third kappa shape index (κ3) is 6.77. The van der Waals surface area contributed by atoms with Crippen LogP contribution in [-0.2, 0) is 0 Å². The van der Waals surface area contributed by atoms with Gasteiger partial charge in [0.25, 0.3) is 11.8 Å². The molecule has 0 bridgehead atoms. The van der Waals surface area contributed by atoms with Gasteiger partial charge in [-0.05, 0) is 80.5 Å². The van der Waals surface area contributed by atoms with Gasteiger partial charge in [0, 0.05) is 35.4 Å². The van der Waals surface area contributed by atoms with Crippen LogP contribution in [0.1, 0.15) is 65.9 Å². The molecule has 11 nitrogen and oxygen atoms in total. The molecule has 1 aliphatic rings. The highest BCUT2D eigenvalue weighted by atomic mass is 19.1. The van der Waals surface area contributed by atoms with Crippen LogP contribution in [0.3, 0.4) is 0 Å². The van der Waals surface area contributed by atoms with Gasteiger partial charge in [-0.15, -0.1) is 0 Å². The standard InChI is InChI=1S/C29H34FN7O4/c1-14(2)34-27(38)16-4-5-20(30)19(11-16)23-7-6-21(31)26(35-23)28(39)36-24-13-33-9-8-18(24)17-10-15(3)25(22(32)12-17)37-29(40)41/h4-9,11,13-15,17,22,25,37H,10,12,31-32H2,1-3H3,(H,34,38)(H,36,39)(H,40,41)/t15-,17+,22+,25-/m0/s1. The van der Waals surface area contributed by atoms with Gasteiger partial charge in [-0.25, -0.2) is 14.2 Å². The average Bonchev–Trinajstić information content (AvgIpc) is 2.91. The van der Waals surface area contributed by atoms with Gasteiger partial charge >= 0.3 is 6.09 Å². The number of hydrogen-bond donors (Lipinski definition) is 6. The molecule has 41 heavy (non-hydrogen) atoms. The van der Waals surface area contributed by atoms with E-state index < -0.39 is 23.9 Å². The van der Waals surface area contributed by atoms with Gasteiger partial charge in [-0.1, -0.05) is 6.92 Å². The lowest BCUT2D eigenvalue weighted by Gasteiger charge is -2.39. The molecule has 0 unspecified atom stereocenters. The smallest absolute Gasteiger partial charge is 0.404 e. The first kappa shape index (κ1) is 29.4. The molecule has 0 saturated heterocycles. The second-order valence-electron chi connectivity index (χ2n) is 10.7. The summed E-state index contributed by atoms with van der Waals surface area (Å²) in [5.41, 5.74) is 14.1. The van der Waals surface area contributed by atoms with E-state index in [1.165, 1.54) is 36.5 Å². The highest BCUT2D eigenvalue weighted by Gasteiger charge is 2.36. The lowest BCUT2D eigenvalue weighted by molar-refractivity contribution is 0.0942. The Morgan fingerprint density at radius 1 is 1.10 bits per heavy atom. The number of carbonyl (C=O) groups is 3. The number of pyridine rings is 2. The first-order valence-electron chi connectivity index (χ1n) is 13.3. The Labute approximate surface area is 236 Å². The fourth-order valence-corrected chi connectivity index (χ4v) is 5.29. The number of benzene rings is 1. The molecule has 4 rings (SSSR count). The van der Waals surface area contributed by atoms with Crippen molar-refractivity contribution in [1.82, 2.24) is 20.6 Å². The van der Waals surface area contributed by atoms with Crippen molar-refractivity contribution in [3.05, 3.63) is 71.4 Å². The first-order chi connectivity index (χ1) is 19.4. The molecule has 8 N–H and O–H groups in total. The van der Waals surface area contributed by atoms with Crippen molar-refractivity contribution >= 4 is 29.3 Å². The molecule has 2 aromatic heterocycles. The number of amides is 3. The van der Waals surface area contributed by atoms with Gasteiger partial charge < -0.3 is 32.5 Å². The molecule has 0 spiro atoms. The number of halogens is 1. The highest BCUT2D eigenvalue weighted by molar-refractivity contribution is 6.07. The molecule has 216 valence electrons. The number of carboxylic acid groups (broad SMARTS) is 1. The Hall–Kier alpha value is -4.58. The fraction of sp³-hybridized carbons (Fsp3) is 0.345. The predicted octanol–water partition coefficient (Wildman–Crippen LogP) is 3.73. The van der Waals surface area contributed by atoms with Crippen LogP contribution in [-0.4, -0.2) is 51.1 Å². The zero-order valence-electron chi connectivity index (χ0n) is 23.0. The summed E-state index contributed by atoms with van der Waals surface area (Å²) in [5.74, 6) is -1.69. The Bertz CT molecular complexity index is 1450. The Balaban J connectivity index is 1.59. The van der Waals surface area contributed by atoms with Crippen LogP contribution in [0, 0.1) is 11.7 Å². The predicted molar refractivity (Wildman–Crippen MR) is 153 cm³/mol. The maximum Gasteiger partial charge on any atom is 0.404 e. The van der Waals surface area contributed by atoms with E-state index in [4.69, 9.17) is 16.6 Å². The zero-order valence-corrected chi connectivity index (χ0v) is 23.0. The Morgan fingerprint density at radius 3 is 2.54 bits per heavy atom. The molecular weight excluding hydrogens is 529 g/mol. The second kappa shape index (κ2) is 12.3. The molecule has 12 heteroatoms. The summed E-state index contributed by atoms with van der Waals surface area (Å²) >= 11 is 0. The Kier molecular flexibility index (Phi) is 8.82. The topological polar surface area (TPSA) is 185 Å². The maximum atomic E-state index is 14.8. The summed E-state index contributed by atoms with van der Waals surface area (Å²) in [4.78, 5) is 45.6. The van der Waals surface area contributed by atoms with Gasteiger partial charge in [-0.3, -0.25) is 14.6 Å². The number of aromatic nitrogens is 2. The molecule has 3 amide bonds. The lowest BCUT2D eigenvalue weighted by Crippen LogP contribution is -2.54. The molecule has 0 aliphatic heterocycles. The van der Waals surface area contributed by atoms with Crippen molar-refractivity contribution in [1.29, 1.82) is 0 Å². The molecule has 3 aromatic rings. The number of nitrogens with zero attached hydrogens (tertiary/aromatic N) is 2. The minimum Gasteiger partial charge on any atom is -0.465 e. The summed E-state index contributed by atoms with van der Waals surface area (Å²) in [6.07, 6.45) is 3.15. The van der Waals surface area contributed by atoms with Crippen molar-refractivity contribution in [2.75, 3.05) is 11.1 Å². The number of carbonyl (C=O) groups excluding carboxylic acids is 2. The van der Waals surface area contributed by atoms with Crippen molar-refractivity contribution in [2.24, 2.45) is 11.7 Å². The Morgan fingerprint density at radius 2 is 1.85 bits per heavy atom. The van der Waals surface area contributed by atoms with Crippen LogP contribution in [0.4, 0.5) is 20.6 Å². The van der Waals surface area contributed by atoms with E-state index in [9.17, 15) is 18.8 Å². The molecular formula is C29H34FN7O4. The zero-order chi connectivity index (χ0) is 29.8. The van der Waals surface area contributed by atoms with Crippen molar-refractivity contribution in [2.45, 2.75) is 57.7 Å². The molecule has 1 aromatic carbocycles. The lowest BCUT2D eigenvalue weighted by atomic mass is 9.73. The van der Waals surface area contributed by atoms with Crippen molar-refractivity contribution < 1.29 is 23.9 Å². The van der Waals surface area contributed by atoms with E-state index in [1.807, 2.05) is 20.8 Å². The van der Waals surface area contributed by atoms with Crippen molar-refractivity contribution in [3.63, 3.8) is 0 Å². The highest BCUT2D eigenvalue weighted by Crippen LogP contribution is 2.39. The minimum absolute atomic E-state index is 0.0427. The quantitative estimate of drug-likeness (QED) is 0.251. The average molecular weight is 564 g/mol. The molecule has 0 radical (unpaired) electrons. The monoisotopic (exact) mass is 563 g/mol. The normalized spacial score (nSPS) is 20.3. The van der Waals surface area contributed by atoms with Crippen LogP contribution in [0.15, 0.2) is 48.8 Å². The summed E-state index contributed by atoms with van der Waals surface area (Å²) in [6.45, 7) is 5.57. The van der Waals surface area contributed by atoms with Gasteiger partial charge in [-0.2, -0.15) is 0 Å². The number of nitrogens with two attached hydrogens (primary N) is 2. The van der Waals surface area contributed by atoms with E-state index in [-0.39, 0.29) is 58.0 Å². The van der Waals surface area contributed by atoms with E-state index in [2.05, 4.69) is 25.9 Å². The number of hydrogen-bond acceptors (Lipinski definition) is 7. The van der Waals surface area contributed by atoms with Crippen molar-refractivity contribution in [3.8, 4) is 11.3 Å². The minimum atomic E-state index is -1.12. The summed E-state index contributed by atoms with van der Waals surface area (Å²) in [5, 5.41) is 17.3. The fourth-order valence-electron chi connectivity index (χ4n) is 5.29. The molecule has 4 atom stereocenters. The van der Waals surface area contributed by atoms with Crippen LogP contribution in [0.5, 0.6) is 0 Å². The van der Waals surface area contributed by atoms with Gasteiger partial charge in [0.2, 0.25) is 0 Å². The van der Waals surface area contributed by atoms with Gasteiger partial charge in [0.1, 0.15) is 5.82 Å². The first-order valence-corrected chi connectivity index (χ1v) is 13.3. The molecule has 1 fully saturated rings. The third-order valence-electron chi connectivity index (χ3n) is 7.19. The van der Waals surface area contributed by atoms with Gasteiger partial charge in [0.05, 0.1) is 23.3 Å². The molecule has 2 heterocycles. The second-order valence-corrected chi connectivity index (χ2v) is 10.7. The number of nitrogen functional groups attached to an aromatic ring is 1. The molecule has 1 saturated carbocycles. The van der Waals surface area contributed by atoms with E-state index in [0.717, 1.165) is 5.56 Å². The van der Waals surface area contributed by atoms with Gasteiger partial charge in [0.15, 0.2) is 5.69 Å². The summed E-state index contributed by atoms with van der Waals surface area (Å²) in [7, 11) is 0. The van der Waals surface area contributed by atoms with Crippen LogP contribution >= 0.6 is 0 Å². The number of rotatable bonds is 7. The SMILES string of the molecule is CC(C)NC(=O)c1ccc(F)c(-c2ccc(N)c(C(=O)Nc3cnccc3[C@H]3C[C@@H](N)[C@@H](NC(=O)O)[C@@H](C)C3)n2)c1. The molecule has 1 aliphatic carbocycles. The van der Waals surface area contributed by atoms with E-state index in [0.29, 0.717) is 18.5 Å². The van der Waals surface area contributed by atoms with Crippen LogP contribution in [0.25, 0.3) is 11.3 Å². The summed E-state index contributed by atoms with van der Waals surface area (Å²) in [6, 6.07) is 7.77. The number of anilines is 2.